The first-order chi connectivity index (χ1) is 13.2. The van der Waals surface area contributed by atoms with Crippen molar-refractivity contribution in [1.29, 1.82) is 0 Å². The number of hydrogen-bond acceptors (Lipinski definition) is 6. The Kier molecular flexibility index (Phi) is 6.40. The van der Waals surface area contributed by atoms with Gasteiger partial charge >= 0.3 is 0 Å². The first-order valence-corrected chi connectivity index (χ1v) is 8.79. The molecule has 1 heterocycles. The standard InChI is InChI=1S/C19H18ClN3O4/c20-15-8-4-13(5-9-15)18-21-19(27-23-18)14-6-10-16(11-7-14)26-12-2-1-3-17(24)22-25/h4-11,25H,1-3,12H2,(H,22,24). The number of carbonyl (C=O) groups excluding carboxylic acids is 1. The van der Waals surface area contributed by atoms with Crippen molar-refractivity contribution in [3.05, 3.63) is 53.6 Å². The van der Waals surface area contributed by atoms with Gasteiger partial charge in [-0.3, -0.25) is 10.0 Å². The molecule has 2 N–H and O–H groups in total. The summed E-state index contributed by atoms with van der Waals surface area (Å²) in [7, 11) is 0. The van der Waals surface area contributed by atoms with E-state index in [1.165, 1.54) is 0 Å². The predicted molar refractivity (Wildman–Crippen MR) is 99.5 cm³/mol. The quantitative estimate of drug-likeness (QED) is 0.343. The molecule has 3 rings (SSSR count). The second-order valence-corrected chi connectivity index (χ2v) is 6.23. The van der Waals surface area contributed by atoms with Crippen LogP contribution in [0.15, 0.2) is 53.1 Å². The molecular weight excluding hydrogens is 370 g/mol. The fraction of sp³-hybridized carbons (Fsp3) is 0.211. The van der Waals surface area contributed by atoms with Crippen LogP contribution in [0.1, 0.15) is 19.3 Å². The summed E-state index contributed by atoms with van der Waals surface area (Å²) in [5, 5.41) is 13.1. The van der Waals surface area contributed by atoms with E-state index < -0.39 is 5.91 Å². The van der Waals surface area contributed by atoms with Crippen molar-refractivity contribution in [1.82, 2.24) is 15.6 Å². The van der Waals surface area contributed by atoms with Gasteiger partial charge in [-0.2, -0.15) is 4.98 Å². The van der Waals surface area contributed by atoms with Gasteiger partial charge in [0.25, 0.3) is 5.89 Å². The molecule has 0 atom stereocenters. The zero-order chi connectivity index (χ0) is 19.1. The second-order valence-electron chi connectivity index (χ2n) is 5.79. The van der Waals surface area contributed by atoms with Gasteiger partial charge in [0.1, 0.15) is 5.75 Å². The molecular formula is C19H18ClN3O4. The van der Waals surface area contributed by atoms with Crippen molar-refractivity contribution in [2.75, 3.05) is 6.61 Å². The number of unbranched alkanes of at least 4 members (excludes halogenated alkanes) is 1. The molecule has 2 aromatic carbocycles. The highest BCUT2D eigenvalue weighted by molar-refractivity contribution is 6.30. The largest absolute Gasteiger partial charge is 0.494 e. The van der Waals surface area contributed by atoms with E-state index in [1.54, 1.807) is 17.6 Å². The third-order valence-electron chi connectivity index (χ3n) is 3.82. The molecule has 0 radical (unpaired) electrons. The Balaban J connectivity index is 1.54. The molecule has 7 nitrogen and oxygen atoms in total. The minimum atomic E-state index is -0.392. The van der Waals surface area contributed by atoms with Crippen LogP contribution in [0.2, 0.25) is 5.02 Å². The van der Waals surface area contributed by atoms with Crippen molar-refractivity contribution in [3.8, 4) is 28.6 Å². The molecule has 0 bridgehead atoms. The van der Waals surface area contributed by atoms with Crippen molar-refractivity contribution < 1.29 is 19.3 Å². The molecule has 140 valence electrons. The highest BCUT2D eigenvalue weighted by Gasteiger charge is 2.10. The molecule has 3 aromatic rings. The van der Waals surface area contributed by atoms with Gasteiger partial charge < -0.3 is 9.26 Å². The summed E-state index contributed by atoms with van der Waals surface area (Å²) in [5.41, 5.74) is 3.21. The van der Waals surface area contributed by atoms with E-state index in [2.05, 4.69) is 10.1 Å². The summed E-state index contributed by atoms with van der Waals surface area (Å²) < 4.78 is 11.0. The average Bonchev–Trinajstić information content (AvgIpc) is 3.18. The van der Waals surface area contributed by atoms with Crippen molar-refractivity contribution in [2.24, 2.45) is 0 Å². The molecule has 0 saturated heterocycles. The Morgan fingerprint density at radius 3 is 2.48 bits per heavy atom. The van der Waals surface area contributed by atoms with E-state index in [4.69, 9.17) is 26.1 Å². The molecule has 8 heteroatoms. The lowest BCUT2D eigenvalue weighted by molar-refractivity contribution is -0.129. The number of amides is 1. The fourth-order valence-electron chi connectivity index (χ4n) is 2.38. The van der Waals surface area contributed by atoms with E-state index in [1.807, 2.05) is 36.4 Å². The van der Waals surface area contributed by atoms with Gasteiger partial charge in [0.05, 0.1) is 6.61 Å². The van der Waals surface area contributed by atoms with E-state index in [9.17, 15) is 4.79 Å². The summed E-state index contributed by atoms with van der Waals surface area (Å²) in [6, 6.07) is 14.5. The minimum Gasteiger partial charge on any atom is -0.494 e. The zero-order valence-corrected chi connectivity index (χ0v) is 15.1. The molecule has 0 unspecified atom stereocenters. The molecule has 1 amide bonds. The first-order valence-electron chi connectivity index (χ1n) is 8.41. The summed E-state index contributed by atoms with van der Waals surface area (Å²) in [4.78, 5) is 15.3. The van der Waals surface area contributed by atoms with Crippen LogP contribution >= 0.6 is 11.6 Å². The molecule has 27 heavy (non-hydrogen) atoms. The highest BCUT2D eigenvalue weighted by atomic mass is 35.5. The van der Waals surface area contributed by atoms with Crippen LogP contribution in [0.25, 0.3) is 22.8 Å². The number of hydrogen-bond donors (Lipinski definition) is 2. The minimum absolute atomic E-state index is 0.270. The van der Waals surface area contributed by atoms with Crippen molar-refractivity contribution >= 4 is 17.5 Å². The summed E-state index contributed by atoms with van der Waals surface area (Å²) in [6.45, 7) is 0.485. The monoisotopic (exact) mass is 387 g/mol. The number of nitrogens with one attached hydrogen (secondary N) is 1. The number of halogens is 1. The maximum Gasteiger partial charge on any atom is 0.258 e. The van der Waals surface area contributed by atoms with Crippen molar-refractivity contribution in [2.45, 2.75) is 19.3 Å². The van der Waals surface area contributed by atoms with Crippen LogP contribution in [-0.4, -0.2) is 27.9 Å². The van der Waals surface area contributed by atoms with E-state index >= 15 is 0 Å². The van der Waals surface area contributed by atoms with E-state index in [0.29, 0.717) is 41.9 Å². The number of aromatic nitrogens is 2. The fourth-order valence-corrected chi connectivity index (χ4v) is 2.51. The Labute approximate surface area is 160 Å². The summed E-state index contributed by atoms with van der Waals surface area (Å²) in [6.07, 6.45) is 1.62. The van der Waals surface area contributed by atoms with Gasteiger partial charge in [0, 0.05) is 22.6 Å². The third-order valence-corrected chi connectivity index (χ3v) is 4.07. The van der Waals surface area contributed by atoms with Crippen LogP contribution < -0.4 is 10.2 Å². The number of nitrogens with zero attached hydrogens (tertiary/aromatic N) is 2. The van der Waals surface area contributed by atoms with Gasteiger partial charge in [-0.05, 0) is 61.4 Å². The summed E-state index contributed by atoms with van der Waals surface area (Å²) >= 11 is 5.89. The number of ether oxygens (including phenoxy) is 1. The highest BCUT2D eigenvalue weighted by Crippen LogP contribution is 2.25. The Morgan fingerprint density at radius 2 is 1.78 bits per heavy atom. The Morgan fingerprint density at radius 1 is 1.07 bits per heavy atom. The normalized spacial score (nSPS) is 10.6. The number of rotatable bonds is 8. The maximum atomic E-state index is 10.9. The molecule has 0 fully saturated rings. The number of hydroxylamine groups is 1. The van der Waals surface area contributed by atoms with Crippen LogP contribution in [0.4, 0.5) is 0 Å². The number of carbonyl (C=O) groups is 1. The van der Waals surface area contributed by atoms with E-state index in [-0.39, 0.29) is 6.42 Å². The Bertz CT molecular complexity index is 879. The molecule has 0 saturated carbocycles. The van der Waals surface area contributed by atoms with Crippen LogP contribution in [0.5, 0.6) is 5.75 Å². The molecule has 0 aliphatic heterocycles. The lowest BCUT2D eigenvalue weighted by Crippen LogP contribution is -2.18. The molecule has 1 aromatic heterocycles. The van der Waals surface area contributed by atoms with Gasteiger partial charge in [-0.15, -0.1) is 0 Å². The predicted octanol–water partition coefficient (Wildman–Crippen LogP) is 4.11. The SMILES string of the molecule is O=C(CCCCOc1ccc(-c2nc(-c3ccc(Cl)cc3)no2)cc1)NO. The van der Waals surface area contributed by atoms with Crippen LogP contribution in [-0.2, 0) is 4.79 Å². The maximum absolute atomic E-state index is 10.9. The lowest BCUT2D eigenvalue weighted by atomic mass is 10.2. The molecule has 0 aliphatic rings. The molecule has 0 aliphatic carbocycles. The average molecular weight is 388 g/mol. The molecule has 0 spiro atoms. The van der Waals surface area contributed by atoms with E-state index in [0.717, 1.165) is 11.1 Å². The number of benzene rings is 2. The van der Waals surface area contributed by atoms with Gasteiger partial charge in [0.15, 0.2) is 0 Å². The second kappa shape index (κ2) is 9.16. The van der Waals surface area contributed by atoms with Gasteiger partial charge in [0.2, 0.25) is 11.7 Å². The van der Waals surface area contributed by atoms with Gasteiger partial charge in [-0.25, -0.2) is 5.48 Å². The smallest absolute Gasteiger partial charge is 0.258 e. The summed E-state index contributed by atoms with van der Waals surface area (Å²) in [5.74, 6) is 1.23. The topological polar surface area (TPSA) is 97.5 Å². The first kappa shape index (κ1) is 18.9. The van der Waals surface area contributed by atoms with Crippen LogP contribution in [0.3, 0.4) is 0 Å². The van der Waals surface area contributed by atoms with Crippen molar-refractivity contribution in [3.63, 3.8) is 0 Å². The third kappa shape index (κ3) is 5.29. The zero-order valence-electron chi connectivity index (χ0n) is 14.4. The van der Waals surface area contributed by atoms with Gasteiger partial charge in [-0.1, -0.05) is 16.8 Å². The van der Waals surface area contributed by atoms with Crippen LogP contribution in [0, 0.1) is 0 Å². The lowest BCUT2D eigenvalue weighted by Gasteiger charge is -2.06. The Hall–Kier alpha value is -2.90.